The molecule has 1 aromatic heterocycles. The molecule has 0 fully saturated rings. The molecule has 29 heavy (non-hydrogen) atoms. The number of esters is 1. The standard InChI is InChI=1S/C21H29NO5S2/c1-3-27-20(24)8-6-4-5-7-14-22(29(2,25)26)16-17-9-11-18(12-10-17)21-19(23)13-15-28-21/h9-13,15,23H,3-8,14,16H2,1-2H3. The van der Waals surface area contributed by atoms with Crippen LogP contribution in [0.25, 0.3) is 10.4 Å². The van der Waals surface area contributed by atoms with Gasteiger partial charge in [0.2, 0.25) is 10.0 Å². The first-order valence-electron chi connectivity index (χ1n) is 9.77. The zero-order valence-corrected chi connectivity index (χ0v) is 18.6. The van der Waals surface area contributed by atoms with Crippen molar-refractivity contribution in [2.75, 3.05) is 19.4 Å². The Morgan fingerprint density at radius 1 is 1.10 bits per heavy atom. The number of carbonyl (C=O) groups is 1. The first-order valence-corrected chi connectivity index (χ1v) is 12.5. The highest BCUT2D eigenvalue weighted by Crippen LogP contribution is 2.34. The molecular weight excluding hydrogens is 410 g/mol. The van der Waals surface area contributed by atoms with Gasteiger partial charge in [-0.2, -0.15) is 4.31 Å². The average molecular weight is 440 g/mol. The van der Waals surface area contributed by atoms with Gasteiger partial charge in [0.15, 0.2) is 0 Å². The SMILES string of the molecule is CCOC(=O)CCCCCCN(Cc1ccc(-c2sccc2O)cc1)S(C)(=O)=O. The second-order valence-corrected chi connectivity index (χ2v) is 9.80. The maximum Gasteiger partial charge on any atom is 0.305 e. The fourth-order valence-corrected chi connectivity index (χ4v) is 4.63. The van der Waals surface area contributed by atoms with E-state index in [1.54, 1.807) is 13.0 Å². The highest BCUT2D eigenvalue weighted by molar-refractivity contribution is 7.88. The normalized spacial score (nSPS) is 11.7. The van der Waals surface area contributed by atoms with Crippen LogP contribution in [0.5, 0.6) is 5.75 Å². The Balaban J connectivity index is 1.84. The summed E-state index contributed by atoms with van der Waals surface area (Å²) in [5.74, 6) is 0.0769. The Morgan fingerprint density at radius 2 is 1.79 bits per heavy atom. The van der Waals surface area contributed by atoms with E-state index in [0.29, 0.717) is 26.1 Å². The molecule has 2 rings (SSSR count). The van der Waals surface area contributed by atoms with Gasteiger partial charge in [-0.25, -0.2) is 8.42 Å². The number of ether oxygens (including phenoxy) is 1. The van der Waals surface area contributed by atoms with Crippen LogP contribution in [0.3, 0.4) is 0 Å². The first-order chi connectivity index (χ1) is 13.8. The molecule has 6 nitrogen and oxygen atoms in total. The van der Waals surface area contributed by atoms with E-state index < -0.39 is 10.0 Å². The lowest BCUT2D eigenvalue weighted by atomic mass is 10.1. The molecule has 0 atom stereocenters. The van der Waals surface area contributed by atoms with Gasteiger partial charge in [0.25, 0.3) is 0 Å². The monoisotopic (exact) mass is 439 g/mol. The number of carbonyl (C=O) groups excluding carboxylic acids is 1. The molecule has 1 heterocycles. The molecule has 2 aromatic rings. The molecule has 1 N–H and O–H groups in total. The van der Waals surface area contributed by atoms with Gasteiger partial charge in [0.1, 0.15) is 5.75 Å². The number of nitrogens with zero attached hydrogens (tertiary/aromatic N) is 1. The number of benzene rings is 1. The third-order valence-corrected chi connectivity index (χ3v) is 6.73. The second-order valence-electron chi connectivity index (χ2n) is 6.90. The number of sulfonamides is 1. The Hall–Kier alpha value is -1.90. The summed E-state index contributed by atoms with van der Waals surface area (Å²) in [4.78, 5) is 12.1. The van der Waals surface area contributed by atoms with Crippen LogP contribution in [-0.2, 0) is 26.1 Å². The molecular formula is C21H29NO5S2. The molecule has 0 aliphatic rings. The summed E-state index contributed by atoms with van der Waals surface area (Å²) in [6.07, 6.45) is 4.88. The number of aromatic hydroxyl groups is 1. The van der Waals surface area contributed by atoms with Crippen LogP contribution in [0.4, 0.5) is 0 Å². The summed E-state index contributed by atoms with van der Waals surface area (Å²) in [6.45, 7) is 2.96. The number of unbranched alkanes of at least 4 members (excludes halogenated alkanes) is 3. The second kappa shape index (κ2) is 11.3. The number of thiophene rings is 1. The lowest BCUT2D eigenvalue weighted by molar-refractivity contribution is -0.143. The van der Waals surface area contributed by atoms with Gasteiger partial charge >= 0.3 is 5.97 Å². The zero-order chi connectivity index (χ0) is 21.3. The fraction of sp³-hybridized carbons (Fsp3) is 0.476. The van der Waals surface area contributed by atoms with Crippen LogP contribution >= 0.6 is 11.3 Å². The van der Waals surface area contributed by atoms with Gasteiger partial charge in [-0.15, -0.1) is 11.3 Å². The van der Waals surface area contributed by atoms with Crippen molar-refractivity contribution in [2.24, 2.45) is 0 Å². The minimum Gasteiger partial charge on any atom is -0.506 e. The van der Waals surface area contributed by atoms with Crippen LogP contribution in [0, 0.1) is 0 Å². The van der Waals surface area contributed by atoms with Crippen molar-refractivity contribution in [3.8, 4) is 16.2 Å². The third kappa shape index (κ3) is 7.79. The van der Waals surface area contributed by atoms with E-state index in [2.05, 4.69) is 0 Å². The summed E-state index contributed by atoms with van der Waals surface area (Å²) >= 11 is 1.46. The van der Waals surface area contributed by atoms with Gasteiger partial charge < -0.3 is 9.84 Å². The van der Waals surface area contributed by atoms with E-state index in [-0.39, 0.29) is 11.7 Å². The third-order valence-electron chi connectivity index (χ3n) is 4.53. The van der Waals surface area contributed by atoms with Gasteiger partial charge in [0, 0.05) is 19.5 Å². The maximum absolute atomic E-state index is 12.1. The summed E-state index contributed by atoms with van der Waals surface area (Å²) in [6, 6.07) is 9.25. The number of hydrogen-bond acceptors (Lipinski definition) is 6. The molecule has 0 radical (unpaired) electrons. The highest BCUT2D eigenvalue weighted by Gasteiger charge is 2.17. The topological polar surface area (TPSA) is 83.9 Å². The van der Waals surface area contributed by atoms with Crippen molar-refractivity contribution in [1.29, 1.82) is 0 Å². The number of hydrogen-bond donors (Lipinski definition) is 1. The van der Waals surface area contributed by atoms with Crippen LogP contribution in [0.1, 0.15) is 44.6 Å². The van der Waals surface area contributed by atoms with E-state index in [1.165, 1.54) is 21.9 Å². The predicted molar refractivity (Wildman–Crippen MR) is 116 cm³/mol. The van der Waals surface area contributed by atoms with E-state index in [9.17, 15) is 18.3 Å². The molecule has 0 spiro atoms. The van der Waals surface area contributed by atoms with Crippen molar-refractivity contribution < 1.29 is 23.1 Å². The zero-order valence-electron chi connectivity index (χ0n) is 17.0. The highest BCUT2D eigenvalue weighted by atomic mass is 32.2. The molecule has 0 aliphatic carbocycles. The Labute approximate surface area is 177 Å². The Morgan fingerprint density at radius 3 is 2.38 bits per heavy atom. The molecule has 8 heteroatoms. The van der Waals surface area contributed by atoms with Gasteiger partial charge in [-0.3, -0.25) is 4.79 Å². The van der Waals surface area contributed by atoms with E-state index in [0.717, 1.165) is 41.7 Å². The summed E-state index contributed by atoms with van der Waals surface area (Å²) < 4.78 is 30.7. The van der Waals surface area contributed by atoms with Crippen LogP contribution in [0.15, 0.2) is 35.7 Å². The Kier molecular flexibility index (Phi) is 9.13. The van der Waals surface area contributed by atoms with Crippen molar-refractivity contribution in [3.05, 3.63) is 41.3 Å². The summed E-state index contributed by atoms with van der Waals surface area (Å²) in [5.41, 5.74) is 1.81. The smallest absolute Gasteiger partial charge is 0.305 e. The van der Waals surface area contributed by atoms with Crippen LogP contribution < -0.4 is 0 Å². The molecule has 0 amide bonds. The van der Waals surface area contributed by atoms with Gasteiger partial charge in [-0.1, -0.05) is 37.1 Å². The molecule has 0 saturated carbocycles. The maximum atomic E-state index is 12.1. The van der Waals surface area contributed by atoms with Crippen molar-refractivity contribution in [2.45, 2.75) is 45.6 Å². The van der Waals surface area contributed by atoms with Gasteiger partial charge in [-0.05, 0) is 42.3 Å². The first kappa shape index (κ1) is 23.4. The molecule has 160 valence electrons. The van der Waals surface area contributed by atoms with E-state index in [4.69, 9.17) is 4.74 Å². The van der Waals surface area contributed by atoms with Gasteiger partial charge in [0.05, 0.1) is 17.7 Å². The largest absolute Gasteiger partial charge is 0.506 e. The van der Waals surface area contributed by atoms with Crippen molar-refractivity contribution in [1.82, 2.24) is 4.31 Å². The molecule has 0 bridgehead atoms. The molecule has 1 aromatic carbocycles. The summed E-state index contributed by atoms with van der Waals surface area (Å²) in [5, 5.41) is 11.7. The molecule has 0 aliphatic heterocycles. The lowest BCUT2D eigenvalue weighted by Gasteiger charge is -2.20. The quantitative estimate of drug-likeness (QED) is 0.391. The minimum absolute atomic E-state index is 0.176. The molecule has 0 unspecified atom stereocenters. The van der Waals surface area contributed by atoms with Crippen molar-refractivity contribution >= 4 is 27.3 Å². The number of rotatable bonds is 12. The minimum atomic E-state index is -3.32. The summed E-state index contributed by atoms with van der Waals surface area (Å²) in [7, 11) is -3.32. The van der Waals surface area contributed by atoms with Crippen LogP contribution in [0.2, 0.25) is 0 Å². The fourth-order valence-electron chi connectivity index (χ4n) is 2.99. The van der Waals surface area contributed by atoms with E-state index in [1.807, 2.05) is 29.6 Å². The Bertz CT molecular complexity index is 875. The van der Waals surface area contributed by atoms with E-state index >= 15 is 0 Å². The molecule has 0 saturated heterocycles. The van der Waals surface area contributed by atoms with Crippen molar-refractivity contribution in [3.63, 3.8) is 0 Å². The van der Waals surface area contributed by atoms with Crippen LogP contribution in [-0.4, -0.2) is 43.2 Å². The average Bonchev–Trinajstić information content (AvgIpc) is 3.09. The predicted octanol–water partition coefficient (Wildman–Crippen LogP) is 4.40. The lowest BCUT2D eigenvalue weighted by Crippen LogP contribution is -2.30.